The molecule has 2 aromatic carbocycles. The number of hydrogen-bond donors (Lipinski definition) is 1. The van der Waals surface area contributed by atoms with Crippen LogP contribution < -0.4 is 14.8 Å². The van der Waals surface area contributed by atoms with E-state index >= 15 is 0 Å². The van der Waals surface area contributed by atoms with Crippen molar-refractivity contribution in [3.63, 3.8) is 0 Å². The van der Waals surface area contributed by atoms with Gasteiger partial charge in [-0.05, 0) is 42.3 Å². The highest BCUT2D eigenvalue weighted by atomic mass is 16.6. The molecule has 0 saturated carbocycles. The Morgan fingerprint density at radius 2 is 1.97 bits per heavy atom. The molecule has 1 amide bonds. The Kier molecular flexibility index (Phi) is 7.05. The van der Waals surface area contributed by atoms with Gasteiger partial charge >= 0.3 is 11.7 Å². The van der Waals surface area contributed by atoms with Crippen molar-refractivity contribution >= 4 is 17.3 Å². The van der Waals surface area contributed by atoms with Crippen molar-refractivity contribution in [3.05, 3.63) is 77.0 Å². The van der Waals surface area contributed by atoms with Crippen LogP contribution in [0, 0.1) is 16.0 Å². The van der Waals surface area contributed by atoms with Crippen LogP contribution in [-0.4, -0.2) is 38.8 Å². The van der Waals surface area contributed by atoms with Crippen molar-refractivity contribution in [2.24, 2.45) is 5.92 Å². The fourth-order valence-electron chi connectivity index (χ4n) is 3.13. The van der Waals surface area contributed by atoms with Gasteiger partial charge < -0.3 is 19.2 Å². The van der Waals surface area contributed by atoms with E-state index in [-0.39, 0.29) is 17.4 Å². The smallest absolute Gasteiger partial charge is 0.336 e. The number of nitrogens with zero attached hydrogens (tertiary/aromatic N) is 4. The first-order chi connectivity index (χ1) is 16.9. The van der Waals surface area contributed by atoms with Crippen LogP contribution in [-0.2, 0) is 4.79 Å². The molecule has 11 nitrogen and oxygen atoms in total. The summed E-state index contributed by atoms with van der Waals surface area (Å²) in [6.07, 6.45) is 1.54. The van der Waals surface area contributed by atoms with Gasteiger partial charge in [-0.15, -0.1) is 5.10 Å². The minimum absolute atomic E-state index is 0.0148. The Morgan fingerprint density at radius 1 is 1.14 bits per heavy atom. The highest BCUT2D eigenvalue weighted by Gasteiger charge is 2.18. The Bertz CT molecular complexity index is 1320. The molecule has 4 rings (SSSR count). The zero-order valence-electron chi connectivity index (χ0n) is 19.1. The van der Waals surface area contributed by atoms with Crippen molar-refractivity contribution in [1.82, 2.24) is 14.8 Å². The molecule has 0 spiro atoms. The molecule has 35 heavy (non-hydrogen) atoms. The van der Waals surface area contributed by atoms with Gasteiger partial charge in [-0.1, -0.05) is 32.0 Å². The monoisotopic (exact) mass is 477 g/mol. The third kappa shape index (κ3) is 5.82. The minimum Gasteiger partial charge on any atom is -0.477 e. The summed E-state index contributed by atoms with van der Waals surface area (Å²) < 4.78 is 18.1. The second-order valence-corrected chi connectivity index (χ2v) is 7.92. The van der Waals surface area contributed by atoms with Gasteiger partial charge in [0.2, 0.25) is 5.82 Å². The Morgan fingerprint density at radius 3 is 2.71 bits per heavy atom. The molecule has 0 aliphatic rings. The number of hydrogen-bond acceptors (Lipinski definition) is 8. The van der Waals surface area contributed by atoms with Gasteiger partial charge in [-0.3, -0.25) is 14.9 Å². The first-order valence-corrected chi connectivity index (χ1v) is 10.8. The molecule has 1 N–H and O–H groups in total. The summed E-state index contributed by atoms with van der Waals surface area (Å²) in [6.45, 7) is 4.10. The molecule has 0 radical (unpaired) electrons. The Hall–Kier alpha value is -4.67. The fraction of sp³-hybridized carbons (Fsp3) is 0.208. The number of anilines is 1. The maximum atomic E-state index is 12.4. The van der Waals surface area contributed by atoms with Crippen molar-refractivity contribution in [2.45, 2.75) is 13.8 Å². The molecule has 0 atom stereocenters. The molecule has 0 bridgehead atoms. The maximum absolute atomic E-state index is 12.4. The standard InChI is InChI=1S/C24H23N5O6/c1-16(2)14-35-24-26-23(21-11-6-12-33-21)28(27-24)18-8-5-7-17(13-18)25-22(30)15-34-20-10-4-3-9-19(20)29(31)32/h3-13,16H,14-15H2,1-2H3,(H,25,30). The number of nitrogens with one attached hydrogen (secondary N) is 1. The van der Waals surface area contributed by atoms with Crippen molar-refractivity contribution in [1.29, 1.82) is 0 Å². The van der Waals surface area contributed by atoms with E-state index < -0.39 is 17.4 Å². The molecule has 2 aromatic heterocycles. The zero-order chi connectivity index (χ0) is 24.8. The summed E-state index contributed by atoms with van der Waals surface area (Å²) >= 11 is 0. The van der Waals surface area contributed by atoms with E-state index in [0.29, 0.717) is 35.5 Å². The van der Waals surface area contributed by atoms with Gasteiger partial charge in [0.1, 0.15) is 0 Å². The van der Waals surface area contributed by atoms with E-state index in [1.54, 1.807) is 47.1 Å². The molecular formula is C24H23N5O6. The van der Waals surface area contributed by atoms with Crippen molar-refractivity contribution in [3.8, 4) is 29.0 Å². The number of ether oxygens (including phenoxy) is 2. The quantitative estimate of drug-likeness (QED) is 0.261. The van der Waals surface area contributed by atoms with Gasteiger partial charge in [0.05, 0.1) is 23.5 Å². The SMILES string of the molecule is CC(C)COc1nc(-c2ccco2)n(-c2cccc(NC(=O)COc3ccccc3[N+](=O)[O-])c2)n1. The van der Waals surface area contributed by atoms with Crippen LogP contribution in [0.1, 0.15) is 13.8 Å². The highest BCUT2D eigenvalue weighted by Crippen LogP contribution is 2.27. The third-order valence-electron chi connectivity index (χ3n) is 4.67. The van der Waals surface area contributed by atoms with Crippen LogP contribution in [0.25, 0.3) is 17.3 Å². The molecule has 0 unspecified atom stereocenters. The Balaban J connectivity index is 1.51. The summed E-state index contributed by atoms with van der Waals surface area (Å²) in [6, 6.07) is 16.5. The lowest BCUT2D eigenvalue weighted by Crippen LogP contribution is -2.20. The van der Waals surface area contributed by atoms with Gasteiger partial charge in [0.25, 0.3) is 5.91 Å². The largest absolute Gasteiger partial charge is 0.477 e. The lowest BCUT2D eigenvalue weighted by atomic mass is 10.2. The number of para-hydroxylation sites is 2. The predicted molar refractivity (Wildman–Crippen MR) is 127 cm³/mol. The first-order valence-electron chi connectivity index (χ1n) is 10.8. The average Bonchev–Trinajstić information content (AvgIpc) is 3.52. The lowest BCUT2D eigenvalue weighted by Gasteiger charge is -2.10. The van der Waals surface area contributed by atoms with E-state index in [1.807, 2.05) is 13.8 Å². The van der Waals surface area contributed by atoms with Crippen LogP contribution >= 0.6 is 0 Å². The number of nitro groups is 1. The number of benzene rings is 2. The minimum atomic E-state index is -0.565. The molecule has 0 saturated heterocycles. The number of furan rings is 1. The summed E-state index contributed by atoms with van der Waals surface area (Å²) in [7, 11) is 0. The van der Waals surface area contributed by atoms with E-state index in [1.165, 1.54) is 24.5 Å². The number of nitro benzene ring substituents is 1. The predicted octanol–water partition coefficient (Wildman–Crippen LogP) is 4.49. The second kappa shape index (κ2) is 10.5. The Labute approximate surface area is 200 Å². The molecule has 0 aliphatic heterocycles. The summed E-state index contributed by atoms with van der Waals surface area (Å²) in [5.41, 5.74) is 0.874. The van der Waals surface area contributed by atoms with Crippen LogP contribution in [0.2, 0.25) is 0 Å². The molecule has 0 fully saturated rings. The van der Waals surface area contributed by atoms with Crippen LogP contribution in [0.15, 0.2) is 71.3 Å². The number of carbonyl (C=O) groups excluding carboxylic acids is 1. The number of carbonyl (C=O) groups is 1. The van der Waals surface area contributed by atoms with Crippen molar-refractivity contribution in [2.75, 3.05) is 18.5 Å². The summed E-state index contributed by atoms with van der Waals surface area (Å²) in [4.78, 5) is 27.4. The molecule has 180 valence electrons. The first kappa shape index (κ1) is 23.5. The number of rotatable bonds is 10. The fourth-order valence-corrected chi connectivity index (χ4v) is 3.13. The number of aromatic nitrogens is 3. The third-order valence-corrected chi connectivity index (χ3v) is 4.67. The summed E-state index contributed by atoms with van der Waals surface area (Å²) in [5.74, 6) is 0.778. The molecule has 11 heteroatoms. The molecule has 4 aromatic rings. The van der Waals surface area contributed by atoms with Crippen molar-refractivity contribution < 1.29 is 23.6 Å². The lowest BCUT2D eigenvalue weighted by molar-refractivity contribution is -0.385. The zero-order valence-corrected chi connectivity index (χ0v) is 19.1. The topological polar surface area (TPSA) is 135 Å². The van der Waals surface area contributed by atoms with E-state index in [9.17, 15) is 14.9 Å². The normalized spacial score (nSPS) is 10.8. The van der Waals surface area contributed by atoms with Crippen LogP contribution in [0.4, 0.5) is 11.4 Å². The molecular weight excluding hydrogens is 454 g/mol. The second-order valence-electron chi connectivity index (χ2n) is 7.92. The maximum Gasteiger partial charge on any atom is 0.336 e. The summed E-state index contributed by atoms with van der Waals surface area (Å²) in [5, 5.41) is 18.3. The van der Waals surface area contributed by atoms with Gasteiger partial charge in [-0.2, -0.15) is 4.98 Å². The number of amides is 1. The molecule has 2 heterocycles. The van der Waals surface area contributed by atoms with Crippen LogP contribution in [0.5, 0.6) is 11.8 Å². The average molecular weight is 477 g/mol. The van der Waals surface area contributed by atoms with Gasteiger partial charge in [0.15, 0.2) is 18.1 Å². The van der Waals surface area contributed by atoms with Crippen LogP contribution in [0.3, 0.4) is 0 Å². The van der Waals surface area contributed by atoms with E-state index in [4.69, 9.17) is 13.9 Å². The van der Waals surface area contributed by atoms with E-state index in [0.717, 1.165) is 0 Å². The van der Waals surface area contributed by atoms with Gasteiger partial charge in [0, 0.05) is 11.8 Å². The van der Waals surface area contributed by atoms with E-state index in [2.05, 4.69) is 15.4 Å². The van der Waals surface area contributed by atoms with Gasteiger partial charge in [-0.25, -0.2) is 4.68 Å². The highest BCUT2D eigenvalue weighted by molar-refractivity contribution is 5.92. The molecule has 0 aliphatic carbocycles.